The van der Waals surface area contributed by atoms with E-state index in [4.69, 9.17) is 5.11 Å². The van der Waals surface area contributed by atoms with Gasteiger partial charge in [-0.25, -0.2) is 0 Å². The Morgan fingerprint density at radius 3 is 2.71 bits per heavy atom. The fourth-order valence-corrected chi connectivity index (χ4v) is 0.259. The lowest BCUT2D eigenvalue weighted by Gasteiger charge is -2.00. The van der Waals surface area contributed by atoms with Crippen LogP contribution >= 0.6 is 0 Å². The van der Waals surface area contributed by atoms with Crippen molar-refractivity contribution >= 4 is 0 Å². The zero-order valence-electron chi connectivity index (χ0n) is 3.50. The van der Waals surface area contributed by atoms with Gasteiger partial charge in [-0.15, -0.1) is 0 Å². The molecule has 7 heavy (non-hydrogen) atoms. The summed E-state index contributed by atoms with van der Waals surface area (Å²) in [4.78, 5) is 8.29. The predicted octanol–water partition coefficient (Wildman–Crippen LogP) is 0.861. The summed E-state index contributed by atoms with van der Waals surface area (Å²) in [5.41, 5.74) is 0. The standard InChI is InChI=1S/C4H4O3/c5-4-2-1-3-6-7-4/h1-3,5H. The average Bonchev–Trinajstić information content (AvgIpc) is 1.69. The van der Waals surface area contributed by atoms with Crippen molar-refractivity contribution in [2.45, 2.75) is 0 Å². The van der Waals surface area contributed by atoms with Crippen molar-refractivity contribution in [3.63, 3.8) is 0 Å². The van der Waals surface area contributed by atoms with Gasteiger partial charge in [-0.05, 0) is 6.08 Å². The number of hydrogen-bond donors (Lipinski definition) is 1. The van der Waals surface area contributed by atoms with Gasteiger partial charge in [0.05, 0.1) is 0 Å². The average molecular weight is 100 g/mol. The summed E-state index contributed by atoms with van der Waals surface area (Å²) in [7, 11) is 0. The molecule has 1 rings (SSSR count). The van der Waals surface area contributed by atoms with Crippen LogP contribution in [0.25, 0.3) is 0 Å². The van der Waals surface area contributed by atoms with E-state index in [2.05, 4.69) is 9.78 Å². The van der Waals surface area contributed by atoms with Gasteiger partial charge in [0.25, 0.3) is 0 Å². The molecule has 1 N–H and O–H groups in total. The first-order valence-electron chi connectivity index (χ1n) is 1.79. The summed E-state index contributed by atoms with van der Waals surface area (Å²) in [5.74, 6) is -0.220. The smallest absolute Gasteiger partial charge is 0.328 e. The minimum Gasteiger partial charge on any atom is -0.478 e. The molecule has 0 bridgehead atoms. The zero-order valence-corrected chi connectivity index (χ0v) is 3.50. The van der Waals surface area contributed by atoms with Crippen molar-refractivity contribution in [2.75, 3.05) is 0 Å². The molecule has 1 aliphatic rings. The third-order valence-electron chi connectivity index (χ3n) is 0.506. The maximum atomic E-state index is 8.37. The first-order chi connectivity index (χ1) is 3.39. The topological polar surface area (TPSA) is 38.7 Å². The van der Waals surface area contributed by atoms with Crippen LogP contribution in [0.2, 0.25) is 0 Å². The molecule has 38 valence electrons. The SMILES string of the molecule is OC1=CC=COO1. The van der Waals surface area contributed by atoms with E-state index >= 15 is 0 Å². The van der Waals surface area contributed by atoms with Gasteiger partial charge in [-0.1, -0.05) is 0 Å². The van der Waals surface area contributed by atoms with Crippen LogP contribution < -0.4 is 0 Å². The van der Waals surface area contributed by atoms with Crippen molar-refractivity contribution in [1.29, 1.82) is 0 Å². The second kappa shape index (κ2) is 1.55. The Hall–Kier alpha value is -1.12. The van der Waals surface area contributed by atoms with Crippen LogP contribution in [0.15, 0.2) is 24.4 Å². The van der Waals surface area contributed by atoms with Gasteiger partial charge in [-0.2, -0.15) is 0 Å². The van der Waals surface area contributed by atoms with Crippen molar-refractivity contribution in [1.82, 2.24) is 0 Å². The van der Waals surface area contributed by atoms with Gasteiger partial charge >= 0.3 is 5.95 Å². The summed E-state index contributed by atoms with van der Waals surface area (Å²) in [6.45, 7) is 0. The minimum absolute atomic E-state index is 0.220. The molecule has 0 aromatic heterocycles. The highest BCUT2D eigenvalue weighted by atomic mass is 17.2. The molecule has 0 aromatic rings. The molecular formula is C4H4O3. The van der Waals surface area contributed by atoms with Gasteiger partial charge in [0.2, 0.25) is 0 Å². The molecule has 0 radical (unpaired) electrons. The maximum Gasteiger partial charge on any atom is 0.328 e. The molecule has 0 saturated carbocycles. The van der Waals surface area contributed by atoms with Crippen LogP contribution in [0.5, 0.6) is 0 Å². The van der Waals surface area contributed by atoms with Gasteiger partial charge in [-0.3, -0.25) is 9.78 Å². The van der Waals surface area contributed by atoms with Crippen molar-refractivity contribution in [3.8, 4) is 0 Å². The summed E-state index contributed by atoms with van der Waals surface area (Å²) < 4.78 is 0. The molecule has 0 saturated heterocycles. The van der Waals surface area contributed by atoms with Crippen molar-refractivity contribution in [3.05, 3.63) is 24.4 Å². The maximum absolute atomic E-state index is 8.37. The quantitative estimate of drug-likeness (QED) is 0.459. The van der Waals surface area contributed by atoms with E-state index in [-0.39, 0.29) is 5.95 Å². The van der Waals surface area contributed by atoms with E-state index < -0.39 is 0 Å². The highest BCUT2D eigenvalue weighted by molar-refractivity contribution is 5.01. The lowest BCUT2D eigenvalue weighted by atomic mass is 10.6. The highest BCUT2D eigenvalue weighted by Gasteiger charge is 1.93. The Bertz CT molecular complexity index is 114. The molecule has 0 amide bonds. The molecule has 3 nitrogen and oxygen atoms in total. The molecule has 0 unspecified atom stereocenters. The van der Waals surface area contributed by atoms with Gasteiger partial charge < -0.3 is 5.11 Å². The molecular weight excluding hydrogens is 96.0 g/mol. The van der Waals surface area contributed by atoms with E-state index in [0.29, 0.717) is 0 Å². The second-order valence-corrected chi connectivity index (χ2v) is 1.01. The molecule has 1 heterocycles. The summed E-state index contributed by atoms with van der Waals surface area (Å²) in [5, 5.41) is 8.37. The number of hydrogen-bond acceptors (Lipinski definition) is 3. The highest BCUT2D eigenvalue weighted by Crippen LogP contribution is 1.98. The van der Waals surface area contributed by atoms with E-state index in [1.807, 2.05) is 0 Å². The van der Waals surface area contributed by atoms with Crippen LogP contribution in [-0.4, -0.2) is 5.11 Å². The monoisotopic (exact) mass is 100 g/mol. The molecule has 3 heteroatoms. The predicted molar refractivity (Wildman–Crippen MR) is 22.0 cm³/mol. The van der Waals surface area contributed by atoms with E-state index in [1.165, 1.54) is 18.4 Å². The largest absolute Gasteiger partial charge is 0.478 e. The van der Waals surface area contributed by atoms with Crippen LogP contribution in [0.1, 0.15) is 0 Å². The van der Waals surface area contributed by atoms with E-state index in [9.17, 15) is 0 Å². The molecule has 0 spiro atoms. The first-order valence-corrected chi connectivity index (χ1v) is 1.79. The first kappa shape index (κ1) is 4.05. The summed E-state index contributed by atoms with van der Waals surface area (Å²) in [6, 6.07) is 0. The number of aliphatic hydroxyl groups is 1. The lowest BCUT2D eigenvalue weighted by Crippen LogP contribution is -1.90. The van der Waals surface area contributed by atoms with E-state index in [1.54, 1.807) is 0 Å². The third kappa shape index (κ3) is 0.855. The second-order valence-electron chi connectivity index (χ2n) is 1.01. The van der Waals surface area contributed by atoms with Crippen molar-refractivity contribution < 1.29 is 14.9 Å². The Morgan fingerprint density at radius 1 is 1.57 bits per heavy atom. The molecule has 1 aliphatic heterocycles. The third-order valence-corrected chi connectivity index (χ3v) is 0.506. The Labute approximate surface area is 40.4 Å². The fourth-order valence-electron chi connectivity index (χ4n) is 0.259. The van der Waals surface area contributed by atoms with Crippen LogP contribution in [0.4, 0.5) is 0 Å². The summed E-state index contributed by atoms with van der Waals surface area (Å²) in [6.07, 6.45) is 4.22. The Balaban J connectivity index is 2.57. The normalized spacial score (nSPS) is 16.9. The van der Waals surface area contributed by atoms with Crippen LogP contribution in [0.3, 0.4) is 0 Å². The molecule has 0 atom stereocenters. The van der Waals surface area contributed by atoms with Crippen molar-refractivity contribution in [2.24, 2.45) is 0 Å². The van der Waals surface area contributed by atoms with E-state index in [0.717, 1.165) is 0 Å². The van der Waals surface area contributed by atoms with Crippen LogP contribution in [0, 0.1) is 0 Å². The number of rotatable bonds is 0. The Morgan fingerprint density at radius 2 is 2.43 bits per heavy atom. The molecule has 0 aromatic carbocycles. The zero-order chi connectivity index (χ0) is 5.11. The lowest BCUT2D eigenvalue weighted by molar-refractivity contribution is -0.244. The van der Waals surface area contributed by atoms with Crippen LogP contribution in [-0.2, 0) is 9.78 Å². The van der Waals surface area contributed by atoms with Gasteiger partial charge in [0, 0.05) is 6.08 Å². The fraction of sp³-hybridized carbons (Fsp3) is 0. The molecule has 0 aliphatic carbocycles. The minimum atomic E-state index is -0.220. The Kier molecular flexibility index (Phi) is 0.898. The number of allylic oxidation sites excluding steroid dienone is 2. The summed E-state index contributed by atoms with van der Waals surface area (Å²) >= 11 is 0. The molecule has 0 fully saturated rings. The van der Waals surface area contributed by atoms with Gasteiger partial charge in [0.15, 0.2) is 0 Å². The number of aliphatic hydroxyl groups excluding tert-OH is 1. The van der Waals surface area contributed by atoms with Gasteiger partial charge in [0.1, 0.15) is 6.26 Å².